The number of methoxy groups -OCH3 is 1. The van der Waals surface area contributed by atoms with E-state index in [2.05, 4.69) is 20.4 Å². The van der Waals surface area contributed by atoms with Crippen LogP contribution in [0.4, 0.5) is 5.69 Å². The van der Waals surface area contributed by atoms with Crippen LogP contribution in [0.15, 0.2) is 12.3 Å². The van der Waals surface area contributed by atoms with Gasteiger partial charge in [-0.25, -0.2) is 14.5 Å². The normalized spacial score (nSPS) is 13.0. The van der Waals surface area contributed by atoms with E-state index in [0.29, 0.717) is 3.57 Å². The smallest absolute Gasteiger partial charge is 0.357 e. The van der Waals surface area contributed by atoms with Crippen LogP contribution in [0, 0.1) is 20.5 Å². The zero-order chi connectivity index (χ0) is 22.4. The summed E-state index contributed by atoms with van der Waals surface area (Å²) in [4.78, 5) is 27.3. The zero-order valence-corrected chi connectivity index (χ0v) is 16.5. The topological polar surface area (TPSA) is 131 Å². The van der Waals surface area contributed by atoms with Crippen LogP contribution in [0.1, 0.15) is 20.3 Å². The molecule has 12 heteroatoms. The number of ether oxygens (including phenoxy) is 1. The summed E-state index contributed by atoms with van der Waals surface area (Å²) < 4.78 is 30.3. The third kappa shape index (κ3) is 3.15. The third-order valence-corrected chi connectivity index (χ3v) is 4.78. The van der Waals surface area contributed by atoms with E-state index < -0.39 is 23.4 Å². The molecule has 0 atom stereocenters. The monoisotopic (exact) mass is 486 g/mol. The first-order valence-electron chi connectivity index (χ1n) is 8.83. The van der Waals surface area contributed by atoms with Crippen molar-refractivity contribution < 1.29 is 18.6 Å². The Kier molecular flexibility index (Phi) is 3.95. The molecule has 0 unspecified atom stereocenters. The van der Waals surface area contributed by atoms with Crippen molar-refractivity contribution in [3.63, 3.8) is 0 Å². The molecule has 0 saturated heterocycles. The van der Waals surface area contributed by atoms with Crippen molar-refractivity contribution in [1.29, 1.82) is 0 Å². The van der Waals surface area contributed by atoms with Gasteiger partial charge in [0.25, 0.3) is 5.69 Å². The minimum atomic E-state index is -2.57. The highest BCUT2D eigenvalue weighted by atomic mass is 127. The second kappa shape index (κ2) is 7.02. The first kappa shape index (κ1) is 15.2. The Bertz CT molecular complexity index is 1170. The Labute approximate surface area is 170 Å². The number of carbonyl (C=O) groups is 1. The van der Waals surface area contributed by atoms with Crippen LogP contribution in [-0.2, 0) is 18.8 Å². The summed E-state index contributed by atoms with van der Waals surface area (Å²) in [5.74, 6) is -0.650. The fourth-order valence-corrected chi connectivity index (χ4v) is 3.49. The van der Waals surface area contributed by atoms with E-state index >= 15 is 0 Å². The van der Waals surface area contributed by atoms with Gasteiger partial charge in [-0.3, -0.25) is 14.8 Å². The molecule has 0 radical (unpaired) electrons. The number of nitrogens with zero attached hydrogens (tertiary/aromatic N) is 7. The number of pyridine rings is 1. The first-order valence-corrected chi connectivity index (χ1v) is 8.41. The lowest BCUT2D eigenvalue weighted by Crippen LogP contribution is -2.09. The number of esters is 1. The molecule has 0 N–H and O–H groups in total. The molecule has 0 bridgehead atoms. The van der Waals surface area contributed by atoms with E-state index in [1.165, 1.54) is 42.8 Å². The van der Waals surface area contributed by atoms with Gasteiger partial charge in [0.05, 0.1) is 27.0 Å². The number of rotatable bonds is 4. The van der Waals surface area contributed by atoms with E-state index in [4.69, 9.17) is 8.85 Å². The van der Waals surface area contributed by atoms with Crippen molar-refractivity contribution in [1.82, 2.24) is 29.8 Å². The highest BCUT2D eigenvalue weighted by Gasteiger charge is 2.28. The number of aromatic nitrogens is 6. The van der Waals surface area contributed by atoms with E-state index in [9.17, 15) is 14.9 Å². The summed E-state index contributed by atoms with van der Waals surface area (Å²) in [5, 5.41) is 23.3. The summed E-state index contributed by atoms with van der Waals surface area (Å²) in [6, 6.07) is 1.18. The van der Waals surface area contributed by atoms with Gasteiger partial charge in [-0.1, -0.05) is 5.21 Å². The quantitative estimate of drug-likeness (QED) is 0.237. The Morgan fingerprint density at radius 2 is 2.11 bits per heavy atom. The Balaban J connectivity index is 2.23. The average molecular weight is 486 g/mol. The van der Waals surface area contributed by atoms with E-state index in [1.807, 2.05) is 22.6 Å². The zero-order valence-electron chi connectivity index (χ0n) is 17.3. The molecule has 3 aromatic rings. The van der Waals surface area contributed by atoms with Crippen LogP contribution in [0.2, 0.25) is 0 Å². The molecule has 0 aliphatic carbocycles. The fraction of sp³-hybridized carbons (Fsp3) is 0.267. The lowest BCUT2D eigenvalue weighted by atomic mass is 10.1. The van der Waals surface area contributed by atoms with Crippen LogP contribution < -0.4 is 0 Å². The maximum atomic E-state index is 12.0. The lowest BCUT2D eigenvalue weighted by molar-refractivity contribution is -0.384. The minimum Gasteiger partial charge on any atom is -0.464 e. The fourth-order valence-electron chi connectivity index (χ4n) is 2.55. The molecule has 0 aromatic carbocycles. The standard InChI is InChI=1S/C15H14IN7O4/c1-7-13(22(3)20-18-7)8-5-9(23(25)26)11(17-6-8)12-10(16)14(15(24)27-4)21(2)19-12/h5-6H,1-4H3/i1D3. The largest absolute Gasteiger partial charge is 0.464 e. The molecule has 3 aromatic heterocycles. The summed E-state index contributed by atoms with van der Waals surface area (Å²) in [6.07, 6.45) is 1.28. The Morgan fingerprint density at radius 3 is 2.74 bits per heavy atom. The van der Waals surface area contributed by atoms with Crippen molar-refractivity contribution in [2.24, 2.45) is 14.1 Å². The Morgan fingerprint density at radius 1 is 1.37 bits per heavy atom. The number of halogens is 1. The number of carbonyl (C=O) groups excluding carboxylic acids is 1. The van der Waals surface area contributed by atoms with Gasteiger partial charge in [0.2, 0.25) is 0 Å². The van der Waals surface area contributed by atoms with Crippen LogP contribution in [0.25, 0.3) is 22.6 Å². The van der Waals surface area contributed by atoms with Gasteiger partial charge < -0.3 is 4.74 Å². The second-order valence-electron chi connectivity index (χ2n) is 5.39. The van der Waals surface area contributed by atoms with Crippen LogP contribution in [0.5, 0.6) is 0 Å². The predicted molar refractivity (Wildman–Crippen MR) is 102 cm³/mol. The number of nitro groups is 1. The Hall–Kier alpha value is -2.90. The van der Waals surface area contributed by atoms with E-state index in [0.717, 1.165) is 0 Å². The maximum absolute atomic E-state index is 12.0. The highest BCUT2D eigenvalue weighted by molar-refractivity contribution is 14.1. The summed E-state index contributed by atoms with van der Waals surface area (Å²) in [5.41, 5.74) is -0.313. The van der Waals surface area contributed by atoms with Gasteiger partial charge in [-0.2, -0.15) is 5.10 Å². The van der Waals surface area contributed by atoms with Gasteiger partial charge in [0, 0.05) is 36.0 Å². The molecular weight excluding hydrogens is 469 g/mol. The van der Waals surface area contributed by atoms with Crippen molar-refractivity contribution >= 4 is 34.2 Å². The van der Waals surface area contributed by atoms with E-state index in [1.54, 1.807) is 0 Å². The molecule has 140 valence electrons. The third-order valence-electron chi connectivity index (χ3n) is 3.76. The average Bonchev–Trinajstić information content (AvgIpc) is 3.20. The molecule has 3 rings (SSSR count). The number of hydrogen-bond acceptors (Lipinski definition) is 8. The SMILES string of the molecule is [2H]C([2H])([2H])c1nnn(C)c1-c1cnc(-c2nn(C)c(C(=O)OC)c2I)c([N+](=O)[O-])c1. The highest BCUT2D eigenvalue weighted by Crippen LogP contribution is 2.35. The second-order valence-corrected chi connectivity index (χ2v) is 6.46. The first-order chi connectivity index (χ1) is 14.0. The van der Waals surface area contributed by atoms with Gasteiger partial charge in [0.1, 0.15) is 5.69 Å². The van der Waals surface area contributed by atoms with Crippen LogP contribution in [0.3, 0.4) is 0 Å². The molecule has 0 aliphatic rings. The van der Waals surface area contributed by atoms with Gasteiger partial charge >= 0.3 is 5.97 Å². The summed E-state index contributed by atoms with van der Waals surface area (Å²) in [7, 11) is 4.19. The maximum Gasteiger partial charge on any atom is 0.357 e. The molecule has 27 heavy (non-hydrogen) atoms. The molecule has 3 heterocycles. The summed E-state index contributed by atoms with van der Waals surface area (Å²) in [6.45, 7) is -2.57. The van der Waals surface area contributed by atoms with Gasteiger partial charge in [0.15, 0.2) is 11.4 Å². The number of hydrogen-bond donors (Lipinski definition) is 0. The van der Waals surface area contributed by atoms with Crippen molar-refractivity contribution in [2.45, 2.75) is 6.85 Å². The lowest BCUT2D eigenvalue weighted by Gasteiger charge is -2.05. The van der Waals surface area contributed by atoms with Crippen molar-refractivity contribution in [3.8, 4) is 22.6 Å². The van der Waals surface area contributed by atoms with Crippen LogP contribution >= 0.6 is 22.6 Å². The van der Waals surface area contributed by atoms with Crippen molar-refractivity contribution in [3.05, 3.63) is 37.3 Å². The molecule has 0 aliphatic heterocycles. The summed E-state index contributed by atoms with van der Waals surface area (Å²) >= 11 is 1.84. The van der Waals surface area contributed by atoms with Gasteiger partial charge in [-0.05, 0) is 29.4 Å². The van der Waals surface area contributed by atoms with Gasteiger partial charge in [-0.15, -0.1) is 5.10 Å². The molecular formula is C15H14IN7O4. The van der Waals surface area contributed by atoms with E-state index in [-0.39, 0.29) is 34.0 Å². The molecule has 0 fully saturated rings. The molecule has 0 amide bonds. The minimum absolute atomic E-state index is 0.0792. The number of aryl methyl sites for hydroxylation is 3. The van der Waals surface area contributed by atoms with Crippen molar-refractivity contribution in [2.75, 3.05) is 7.11 Å². The van der Waals surface area contributed by atoms with Crippen LogP contribution in [-0.4, -0.2) is 47.8 Å². The molecule has 0 spiro atoms. The predicted octanol–water partition coefficient (Wildman–Crippen LogP) is 1.89. The molecule has 11 nitrogen and oxygen atoms in total. The molecule has 0 saturated carbocycles.